The molecule has 19 heavy (non-hydrogen) atoms. The highest BCUT2D eigenvalue weighted by atomic mass is 79.9. The van der Waals surface area contributed by atoms with E-state index in [0.717, 1.165) is 5.56 Å². The molecule has 102 valence electrons. The van der Waals surface area contributed by atoms with Crippen molar-refractivity contribution in [1.29, 1.82) is 0 Å². The van der Waals surface area contributed by atoms with Crippen molar-refractivity contribution in [3.05, 3.63) is 33.8 Å². The smallest absolute Gasteiger partial charge is 0.327 e. The Labute approximate surface area is 119 Å². The maximum atomic E-state index is 12.5. The van der Waals surface area contributed by atoms with Gasteiger partial charge in [-0.1, -0.05) is 6.07 Å². The van der Waals surface area contributed by atoms with E-state index in [2.05, 4.69) is 21.2 Å². The Morgan fingerprint density at radius 3 is 2.84 bits per heavy atom. The van der Waals surface area contributed by atoms with Crippen LogP contribution < -0.4 is 5.32 Å². The minimum atomic E-state index is -0.983. The molecular weight excluding hydrogens is 312 g/mol. The number of hydrogen-bond acceptors (Lipinski definition) is 3. The molecule has 2 N–H and O–H groups in total. The van der Waals surface area contributed by atoms with Crippen LogP contribution in [0.5, 0.6) is 0 Å². The number of piperazine rings is 1. The van der Waals surface area contributed by atoms with Crippen LogP contribution in [0.15, 0.2) is 22.7 Å². The van der Waals surface area contributed by atoms with Gasteiger partial charge >= 0.3 is 5.97 Å². The van der Waals surface area contributed by atoms with E-state index >= 15 is 0 Å². The summed E-state index contributed by atoms with van der Waals surface area (Å²) in [6, 6.07) is 4.61. The number of benzene rings is 1. The predicted octanol–water partition coefficient (Wildman–Crippen LogP) is 1.26. The molecule has 0 spiro atoms. The molecule has 0 aliphatic carbocycles. The number of hydrogen-bond donors (Lipinski definition) is 2. The van der Waals surface area contributed by atoms with Crippen LogP contribution in [-0.2, 0) is 4.79 Å². The van der Waals surface area contributed by atoms with Crippen molar-refractivity contribution < 1.29 is 14.7 Å². The highest BCUT2D eigenvalue weighted by Gasteiger charge is 2.32. The lowest BCUT2D eigenvalue weighted by Gasteiger charge is -2.33. The lowest BCUT2D eigenvalue weighted by molar-refractivity contribution is -0.142. The summed E-state index contributed by atoms with van der Waals surface area (Å²) in [6.07, 6.45) is 0. The number of aryl methyl sites for hydroxylation is 1. The molecule has 1 unspecified atom stereocenters. The highest BCUT2D eigenvalue weighted by Crippen LogP contribution is 2.21. The molecule has 1 atom stereocenters. The van der Waals surface area contributed by atoms with E-state index in [1.807, 2.05) is 19.1 Å². The van der Waals surface area contributed by atoms with E-state index in [1.54, 1.807) is 6.07 Å². The molecular formula is C13H15BrN2O3. The van der Waals surface area contributed by atoms with Crippen LogP contribution in [-0.4, -0.2) is 47.6 Å². The summed E-state index contributed by atoms with van der Waals surface area (Å²) >= 11 is 3.36. The number of amides is 1. The van der Waals surface area contributed by atoms with Gasteiger partial charge < -0.3 is 15.3 Å². The summed E-state index contributed by atoms with van der Waals surface area (Å²) in [5.74, 6) is -1.23. The van der Waals surface area contributed by atoms with Gasteiger partial charge in [0.05, 0.1) is 5.56 Å². The molecule has 1 saturated heterocycles. The first-order valence-corrected chi connectivity index (χ1v) is 6.80. The van der Waals surface area contributed by atoms with Gasteiger partial charge in [0.15, 0.2) is 0 Å². The van der Waals surface area contributed by atoms with Gasteiger partial charge in [0.25, 0.3) is 5.91 Å². The van der Waals surface area contributed by atoms with Crippen molar-refractivity contribution in [3.8, 4) is 0 Å². The van der Waals surface area contributed by atoms with Crippen LogP contribution in [0.2, 0.25) is 0 Å². The third-order valence-corrected chi connectivity index (χ3v) is 3.80. The van der Waals surface area contributed by atoms with Crippen molar-refractivity contribution in [1.82, 2.24) is 10.2 Å². The first-order valence-electron chi connectivity index (χ1n) is 6.01. The van der Waals surface area contributed by atoms with Gasteiger partial charge in [-0.2, -0.15) is 0 Å². The van der Waals surface area contributed by atoms with Gasteiger partial charge in [0.1, 0.15) is 6.04 Å². The van der Waals surface area contributed by atoms with E-state index in [1.165, 1.54) is 4.90 Å². The molecule has 0 aromatic heterocycles. The average molecular weight is 327 g/mol. The topological polar surface area (TPSA) is 69.6 Å². The Hall–Kier alpha value is -1.40. The van der Waals surface area contributed by atoms with Gasteiger partial charge in [-0.25, -0.2) is 4.79 Å². The van der Waals surface area contributed by atoms with Crippen LogP contribution in [0, 0.1) is 6.92 Å². The number of carboxylic acids is 1. The zero-order chi connectivity index (χ0) is 14.0. The summed E-state index contributed by atoms with van der Waals surface area (Å²) < 4.78 is 0.695. The van der Waals surface area contributed by atoms with E-state index in [-0.39, 0.29) is 12.5 Å². The molecule has 0 saturated carbocycles. The zero-order valence-corrected chi connectivity index (χ0v) is 12.1. The fraction of sp³-hybridized carbons (Fsp3) is 0.385. The maximum absolute atomic E-state index is 12.5. The van der Waals surface area contributed by atoms with Crippen LogP contribution in [0.1, 0.15) is 15.9 Å². The molecule has 1 aliphatic rings. The number of rotatable bonds is 2. The van der Waals surface area contributed by atoms with Crippen LogP contribution in [0.25, 0.3) is 0 Å². The Bertz CT molecular complexity index is 519. The summed E-state index contributed by atoms with van der Waals surface area (Å²) in [6.45, 7) is 3.23. The molecule has 1 aromatic carbocycles. The standard InChI is InChI=1S/C13H15BrN2O3/c1-8-2-3-9(10(14)6-8)12(17)16-5-4-15-7-11(16)13(18)19/h2-3,6,11,15H,4-5,7H2,1H3,(H,18,19). The third-order valence-electron chi connectivity index (χ3n) is 3.14. The Kier molecular flexibility index (Phi) is 4.21. The quantitative estimate of drug-likeness (QED) is 0.858. The lowest BCUT2D eigenvalue weighted by Crippen LogP contribution is -2.57. The largest absolute Gasteiger partial charge is 0.480 e. The number of carbonyl (C=O) groups excluding carboxylic acids is 1. The zero-order valence-electron chi connectivity index (χ0n) is 10.5. The Balaban J connectivity index is 2.28. The fourth-order valence-corrected chi connectivity index (χ4v) is 2.78. The van der Waals surface area contributed by atoms with E-state index in [9.17, 15) is 14.7 Å². The molecule has 1 amide bonds. The molecule has 6 heteroatoms. The van der Waals surface area contributed by atoms with Gasteiger partial charge in [0.2, 0.25) is 0 Å². The minimum absolute atomic E-state index is 0.249. The summed E-state index contributed by atoms with van der Waals surface area (Å²) in [4.78, 5) is 25.1. The minimum Gasteiger partial charge on any atom is -0.480 e. The Morgan fingerprint density at radius 2 is 2.21 bits per heavy atom. The second-order valence-corrected chi connectivity index (χ2v) is 5.39. The number of halogens is 1. The number of carbonyl (C=O) groups is 2. The van der Waals surface area contributed by atoms with Crippen molar-refractivity contribution in [2.75, 3.05) is 19.6 Å². The number of aliphatic carboxylic acids is 1. The fourth-order valence-electron chi connectivity index (χ4n) is 2.12. The van der Waals surface area contributed by atoms with Crippen molar-refractivity contribution in [2.45, 2.75) is 13.0 Å². The average Bonchev–Trinajstić information content (AvgIpc) is 2.38. The molecule has 0 radical (unpaired) electrons. The van der Waals surface area contributed by atoms with Gasteiger partial charge in [-0.3, -0.25) is 4.79 Å². The van der Waals surface area contributed by atoms with Crippen molar-refractivity contribution >= 4 is 27.8 Å². The summed E-state index contributed by atoms with van der Waals surface area (Å²) in [5.41, 5.74) is 1.54. The molecule has 1 fully saturated rings. The van der Waals surface area contributed by atoms with E-state index < -0.39 is 12.0 Å². The molecule has 1 aliphatic heterocycles. The van der Waals surface area contributed by atoms with Crippen molar-refractivity contribution in [3.63, 3.8) is 0 Å². The Morgan fingerprint density at radius 1 is 1.47 bits per heavy atom. The maximum Gasteiger partial charge on any atom is 0.327 e. The normalized spacial score (nSPS) is 19.3. The third kappa shape index (κ3) is 2.96. The first kappa shape index (κ1) is 14.0. The van der Waals surface area contributed by atoms with Crippen LogP contribution >= 0.6 is 15.9 Å². The van der Waals surface area contributed by atoms with Gasteiger partial charge in [-0.05, 0) is 40.5 Å². The van der Waals surface area contributed by atoms with Crippen LogP contribution in [0.3, 0.4) is 0 Å². The molecule has 1 aromatic rings. The second-order valence-electron chi connectivity index (χ2n) is 4.54. The van der Waals surface area contributed by atoms with Gasteiger partial charge in [-0.15, -0.1) is 0 Å². The molecule has 5 nitrogen and oxygen atoms in total. The molecule has 1 heterocycles. The van der Waals surface area contributed by atoms with Gasteiger partial charge in [0, 0.05) is 24.1 Å². The number of nitrogens with zero attached hydrogens (tertiary/aromatic N) is 1. The predicted molar refractivity (Wildman–Crippen MR) is 74.2 cm³/mol. The van der Waals surface area contributed by atoms with E-state index in [4.69, 9.17) is 0 Å². The summed E-state index contributed by atoms with van der Waals surface area (Å²) in [7, 11) is 0. The molecule has 2 rings (SSSR count). The van der Waals surface area contributed by atoms with Crippen LogP contribution in [0.4, 0.5) is 0 Å². The number of carboxylic acid groups (broad SMARTS) is 1. The highest BCUT2D eigenvalue weighted by molar-refractivity contribution is 9.10. The van der Waals surface area contributed by atoms with Crippen molar-refractivity contribution in [2.24, 2.45) is 0 Å². The summed E-state index contributed by atoms with van der Waals surface area (Å²) in [5, 5.41) is 12.2. The number of nitrogens with one attached hydrogen (secondary N) is 1. The molecule has 0 bridgehead atoms. The first-order chi connectivity index (χ1) is 9.00. The van der Waals surface area contributed by atoms with E-state index in [0.29, 0.717) is 23.1 Å². The SMILES string of the molecule is Cc1ccc(C(=O)N2CCNCC2C(=O)O)c(Br)c1. The lowest BCUT2D eigenvalue weighted by atomic mass is 10.1. The second kappa shape index (κ2) is 5.71. The monoisotopic (exact) mass is 326 g/mol.